The fraction of sp³-hybridized carbons (Fsp3) is 0. The van der Waals surface area contributed by atoms with Gasteiger partial charge in [-0.15, -0.1) is 0 Å². The van der Waals surface area contributed by atoms with Gasteiger partial charge in [-0.1, -0.05) is 0 Å². The Hall–Kier alpha value is 2.66. The Morgan fingerprint density at radius 2 is 1.25 bits per heavy atom. The van der Waals surface area contributed by atoms with Crippen molar-refractivity contribution in [2.45, 2.75) is 0 Å². The van der Waals surface area contributed by atoms with Crippen LogP contribution in [0.15, 0.2) is 0 Å². The molecule has 0 saturated carbocycles. The van der Waals surface area contributed by atoms with Crippen LogP contribution in [-0.4, -0.2) is 48.9 Å². The van der Waals surface area contributed by atoms with E-state index in [9.17, 15) is 0 Å². The standard InChI is InChI=1S/Ba.Fe.H2S.S.H/h;;1H2;;/q+1;;;;/p-1. The third kappa shape index (κ3) is 8.82. The van der Waals surface area contributed by atoms with Crippen molar-refractivity contribution in [2.75, 3.05) is 0 Å². The van der Waals surface area contributed by atoms with Crippen molar-refractivity contribution in [1.82, 2.24) is 0 Å². The molecule has 0 unspecified atom stereocenters. The molecule has 0 aliphatic rings. The summed E-state index contributed by atoms with van der Waals surface area (Å²) in [7, 11) is 3.83. The van der Waals surface area contributed by atoms with E-state index in [0.717, 1.165) is 0 Å². The van der Waals surface area contributed by atoms with Crippen molar-refractivity contribution in [3.8, 4) is 0 Å². The van der Waals surface area contributed by atoms with Crippen LogP contribution in [0.2, 0.25) is 0 Å². The Balaban J connectivity index is -0.00000000500. The average Bonchev–Trinajstić information content (AvgIpc) is 1.00. The average molecular weight is 259 g/mol. The molecule has 0 heterocycles. The third-order valence-electron chi connectivity index (χ3n) is 0. The van der Waals surface area contributed by atoms with E-state index in [1.807, 2.05) is 0 Å². The van der Waals surface area contributed by atoms with E-state index in [1.54, 1.807) is 0 Å². The summed E-state index contributed by atoms with van der Waals surface area (Å²) < 4.78 is 0. The number of rotatable bonds is 0. The molecule has 0 radical (unpaired) electrons. The second-order valence-electron chi connectivity index (χ2n) is 0. The zero-order chi connectivity index (χ0) is 2.00. The van der Waals surface area contributed by atoms with Gasteiger partial charge in [0.25, 0.3) is 0 Å². The van der Waals surface area contributed by atoms with Gasteiger partial charge in [-0.3, -0.25) is 0 Å². The van der Waals surface area contributed by atoms with Gasteiger partial charge in [0.2, 0.25) is 0 Å². The Labute approximate surface area is 85.3 Å². The minimum atomic E-state index is 0. The van der Waals surface area contributed by atoms with Crippen molar-refractivity contribution in [1.29, 1.82) is 0 Å². The first-order valence-electron chi connectivity index (χ1n) is 0.144. The molecule has 0 N–H and O–H groups in total. The molecule has 0 nitrogen and oxygen atoms in total. The van der Waals surface area contributed by atoms with Gasteiger partial charge in [0, 0.05) is 0 Å². The van der Waals surface area contributed by atoms with Gasteiger partial charge in [0.15, 0.2) is 0 Å². The molecule has 24 valence electrons. The van der Waals surface area contributed by atoms with E-state index in [-0.39, 0.29) is 62.4 Å². The maximum absolute atomic E-state index is 3.83. The molecule has 0 bridgehead atoms. The minimum absolute atomic E-state index is 0. The molecule has 0 aliphatic carbocycles. The van der Waals surface area contributed by atoms with Crippen LogP contribution in [-0.2, 0) is 27.9 Å². The van der Waals surface area contributed by atoms with E-state index >= 15 is 0 Å². The molecule has 0 aromatic carbocycles. The molecule has 0 amide bonds. The Kier molecular flexibility index (Phi) is 69.2. The van der Waals surface area contributed by atoms with Gasteiger partial charge >= 0.3 is 73.8 Å². The van der Waals surface area contributed by atoms with Gasteiger partial charge in [-0.05, 0) is 0 Å². The van der Waals surface area contributed by atoms with Crippen molar-refractivity contribution in [3.05, 3.63) is 0 Å². The SMILES string of the molecule is [BaH+].[SH-].[S]=[Fe]. The van der Waals surface area contributed by atoms with Crippen LogP contribution in [0.1, 0.15) is 0 Å². The molecular weight excluding hydrogens is 257 g/mol. The van der Waals surface area contributed by atoms with Crippen LogP contribution >= 0.6 is 10.6 Å². The fourth-order valence-electron chi connectivity index (χ4n) is 0. The Bertz CT molecular complexity index is 6.00. The summed E-state index contributed by atoms with van der Waals surface area (Å²) in [6, 6.07) is 0. The van der Waals surface area contributed by atoms with Crippen LogP contribution in [0, 0.1) is 0 Å². The molecule has 0 fully saturated rings. The predicted molar refractivity (Wildman–Crippen MR) is 23.5 cm³/mol. The summed E-state index contributed by atoms with van der Waals surface area (Å²) >= 11 is 2.83. The third-order valence-corrected chi connectivity index (χ3v) is 0. The van der Waals surface area contributed by atoms with Gasteiger partial charge in [-0.2, -0.15) is 0 Å². The van der Waals surface area contributed by atoms with Crippen molar-refractivity contribution in [3.63, 3.8) is 0 Å². The van der Waals surface area contributed by atoms with E-state index in [0.29, 0.717) is 0 Å². The molecule has 4 heavy (non-hydrogen) atoms. The van der Waals surface area contributed by atoms with Crippen molar-refractivity contribution >= 4 is 72.9 Å². The molecule has 0 spiro atoms. The fourth-order valence-corrected chi connectivity index (χ4v) is 0. The number of hydrogen-bond donors (Lipinski definition) is 0. The first kappa shape index (κ1) is 15.9. The zero-order valence-electron chi connectivity index (χ0n) is 2.21. The van der Waals surface area contributed by atoms with E-state index in [1.165, 1.54) is 0 Å². The van der Waals surface area contributed by atoms with Gasteiger partial charge in [0.1, 0.15) is 0 Å². The van der Waals surface area contributed by atoms with Crippen LogP contribution < -0.4 is 0 Å². The summed E-state index contributed by atoms with van der Waals surface area (Å²) in [5, 5.41) is 0. The molecule has 4 heteroatoms. The summed E-state index contributed by atoms with van der Waals surface area (Å²) in [6.07, 6.45) is 0. The molecule has 0 atom stereocenters. The summed E-state index contributed by atoms with van der Waals surface area (Å²) in [4.78, 5) is 0. The van der Waals surface area contributed by atoms with Gasteiger partial charge in [0.05, 0.1) is 0 Å². The van der Waals surface area contributed by atoms with Gasteiger partial charge in [-0.25, -0.2) is 0 Å². The summed E-state index contributed by atoms with van der Waals surface area (Å²) in [5.41, 5.74) is 0. The molecule has 0 rings (SSSR count). The van der Waals surface area contributed by atoms with Crippen molar-refractivity contribution < 1.29 is 14.4 Å². The maximum atomic E-state index is 3.83. The predicted octanol–water partition coefficient (Wildman–Crippen LogP) is -0.273. The van der Waals surface area contributed by atoms with E-state index in [2.05, 4.69) is 24.9 Å². The second kappa shape index (κ2) is 17.4. The Morgan fingerprint density at radius 3 is 1.25 bits per heavy atom. The molecule has 0 aliphatic heterocycles. The number of thiol groups is 1. The molecule has 0 saturated heterocycles. The first-order valence-corrected chi connectivity index (χ1v) is 1.79. The van der Waals surface area contributed by atoms with Crippen LogP contribution in [0.5, 0.6) is 0 Å². The van der Waals surface area contributed by atoms with Gasteiger partial charge < -0.3 is 13.5 Å². The zero-order valence-corrected chi connectivity index (χ0v) is 11.3. The Morgan fingerprint density at radius 1 is 1.25 bits per heavy atom. The van der Waals surface area contributed by atoms with Crippen molar-refractivity contribution in [2.24, 2.45) is 0 Å². The van der Waals surface area contributed by atoms with Crippen LogP contribution in [0.4, 0.5) is 0 Å². The molecule has 0 aromatic rings. The topological polar surface area (TPSA) is 0 Å². The molecular formula is H2BaFeS2. The van der Waals surface area contributed by atoms with E-state index in [4.69, 9.17) is 0 Å². The second-order valence-corrected chi connectivity index (χ2v) is 0. The monoisotopic (exact) mass is 260 g/mol. The van der Waals surface area contributed by atoms with Crippen LogP contribution in [0.3, 0.4) is 0 Å². The van der Waals surface area contributed by atoms with Crippen LogP contribution in [0.25, 0.3) is 0 Å². The number of hydrogen-bond acceptors (Lipinski definition) is 2. The first-order chi connectivity index (χ1) is 1.00. The van der Waals surface area contributed by atoms with E-state index < -0.39 is 0 Å². The quantitative estimate of drug-likeness (QED) is 0.334. The molecule has 0 aromatic heterocycles. The summed E-state index contributed by atoms with van der Waals surface area (Å²) in [5.74, 6) is 0. The summed E-state index contributed by atoms with van der Waals surface area (Å²) in [6.45, 7) is 0. The normalized spacial score (nSPS) is 1.25.